The molecule has 0 saturated heterocycles. The van der Waals surface area contributed by atoms with Crippen molar-refractivity contribution in [3.05, 3.63) is 33.5 Å². The van der Waals surface area contributed by atoms with Gasteiger partial charge < -0.3 is 9.80 Å². The largest absolute Gasteiger partial charge is 0.349 e. The third-order valence-electron chi connectivity index (χ3n) is 5.42. The van der Waals surface area contributed by atoms with Crippen molar-refractivity contribution in [1.29, 1.82) is 0 Å². The first-order valence-corrected chi connectivity index (χ1v) is 10.5. The molecule has 0 aromatic carbocycles. The van der Waals surface area contributed by atoms with Gasteiger partial charge in [0.1, 0.15) is 11.5 Å². The van der Waals surface area contributed by atoms with Crippen molar-refractivity contribution >= 4 is 11.5 Å². The SMILES string of the molecule is C=CCCCCCCCCCCCCN1CN(C)c2c1n(C)c(=O)[nH]c2=O. The topological polar surface area (TPSA) is 61.3 Å². The van der Waals surface area contributed by atoms with E-state index in [0.717, 1.165) is 25.2 Å². The summed E-state index contributed by atoms with van der Waals surface area (Å²) in [7, 11) is 3.62. The fourth-order valence-corrected chi connectivity index (χ4v) is 3.88. The summed E-state index contributed by atoms with van der Waals surface area (Å²) in [4.78, 5) is 30.4. The van der Waals surface area contributed by atoms with Crippen LogP contribution in [0, 0.1) is 0 Å². The van der Waals surface area contributed by atoms with Crippen LogP contribution in [-0.2, 0) is 7.05 Å². The van der Waals surface area contributed by atoms with Crippen LogP contribution in [0.3, 0.4) is 0 Å². The second kappa shape index (κ2) is 11.0. The number of aromatic amines is 1. The molecule has 152 valence electrons. The van der Waals surface area contributed by atoms with Gasteiger partial charge in [-0.15, -0.1) is 6.58 Å². The summed E-state index contributed by atoms with van der Waals surface area (Å²) in [5.41, 5.74) is -0.0312. The highest BCUT2D eigenvalue weighted by atomic mass is 16.2. The van der Waals surface area contributed by atoms with Crippen LogP contribution in [0.4, 0.5) is 11.5 Å². The molecular formula is C21H36N4O2. The first kappa shape index (κ1) is 21.3. The Kier molecular flexibility index (Phi) is 8.69. The van der Waals surface area contributed by atoms with E-state index in [1.54, 1.807) is 11.6 Å². The van der Waals surface area contributed by atoms with Crippen molar-refractivity contribution < 1.29 is 0 Å². The molecule has 2 heterocycles. The van der Waals surface area contributed by atoms with Gasteiger partial charge in [-0.2, -0.15) is 0 Å². The molecule has 0 spiro atoms. The van der Waals surface area contributed by atoms with Gasteiger partial charge in [0, 0.05) is 20.6 Å². The van der Waals surface area contributed by atoms with Gasteiger partial charge in [0.05, 0.1) is 6.67 Å². The quantitative estimate of drug-likeness (QED) is 0.420. The highest BCUT2D eigenvalue weighted by molar-refractivity contribution is 5.71. The highest BCUT2D eigenvalue weighted by Crippen LogP contribution is 2.29. The van der Waals surface area contributed by atoms with Crippen molar-refractivity contribution in [2.45, 2.75) is 70.6 Å². The maximum Gasteiger partial charge on any atom is 0.329 e. The summed E-state index contributed by atoms with van der Waals surface area (Å²) in [6.07, 6.45) is 16.0. The maximum absolute atomic E-state index is 12.1. The summed E-state index contributed by atoms with van der Waals surface area (Å²) in [6.45, 7) is 5.31. The average molecular weight is 377 g/mol. The van der Waals surface area contributed by atoms with E-state index >= 15 is 0 Å². The number of aromatic nitrogens is 2. The Hall–Kier alpha value is -1.98. The lowest BCUT2D eigenvalue weighted by Gasteiger charge is -2.20. The van der Waals surface area contributed by atoms with Crippen LogP contribution in [0.2, 0.25) is 0 Å². The van der Waals surface area contributed by atoms with Crippen molar-refractivity contribution in [2.24, 2.45) is 7.05 Å². The van der Waals surface area contributed by atoms with Crippen molar-refractivity contribution in [2.75, 3.05) is 30.1 Å². The molecule has 6 nitrogen and oxygen atoms in total. The molecule has 0 radical (unpaired) electrons. The number of H-pyrrole nitrogens is 1. The molecule has 0 amide bonds. The van der Waals surface area contributed by atoms with E-state index in [0.29, 0.717) is 12.4 Å². The Morgan fingerprint density at radius 2 is 1.48 bits per heavy atom. The third-order valence-corrected chi connectivity index (χ3v) is 5.42. The fraction of sp³-hybridized carbons (Fsp3) is 0.714. The van der Waals surface area contributed by atoms with E-state index in [1.165, 1.54) is 57.8 Å². The number of hydrogen-bond donors (Lipinski definition) is 1. The van der Waals surface area contributed by atoms with Crippen LogP contribution < -0.4 is 21.0 Å². The van der Waals surface area contributed by atoms with Gasteiger partial charge >= 0.3 is 5.69 Å². The lowest BCUT2D eigenvalue weighted by atomic mass is 10.1. The molecule has 6 heteroatoms. The zero-order chi connectivity index (χ0) is 19.6. The predicted octanol–water partition coefficient (Wildman–Crippen LogP) is 3.76. The van der Waals surface area contributed by atoms with Crippen LogP contribution >= 0.6 is 0 Å². The van der Waals surface area contributed by atoms with Crippen LogP contribution in [0.15, 0.2) is 22.2 Å². The summed E-state index contributed by atoms with van der Waals surface area (Å²) < 4.78 is 1.55. The Labute approximate surface area is 162 Å². The molecule has 0 aliphatic carbocycles. The predicted molar refractivity (Wildman–Crippen MR) is 114 cm³/mol. The molecule has 0 atom stereocenters. The molecule has 1 aliphatic heterocycles. The number of rotatable bonds is 13. The number of fused-ring (bicyclic) bond motifs is 1. The summed E-state index contributed by atoms with van der Waals surface area (Å²) in [5, 5.41) is 0. The van der Waals surface area contributed by atoms with Gasteiger partial charge in [-0.05, 0) is 19.3 Å². The fourth-order valence-electron chi connectivity index (χ4n) is 3.88. The van der Waals surface area contributed by atoms with Gasteiger partial charge in [0.2, 0.25) is 0 Å². The van der Waals surface area contributed by atoms with E-state index in [4.69, 9.17) is 0 Å². The monoisotopic (exact) mass is 376 g/mol. The second-order valence-corrected chi connectivity index (χ2v) is 7.71. The number of allylic oxidation sites excluding steroid dienone is 1. The van der Waals surface area contributed by atoms with Gasteiger partial charge in [-0.3, -0.25) is 14.3 Å². The Morgan fingerprint density at radius 1 is 0.926 bits per heavy atom. The zero-order valence-corrected chi connectivity index (χ0v) is 17.1. The molecular weight excluding hydrogens is 340 g/mol. The molecule has 2 rings (SSSR count). The van der Waals surface area contributed by atoms with Crippen molar-refractivity contribution in [3.8, 4) is 0 Å². The van der Waals surface area contributed by atoms with E-state index in [9.17, 15) is 9.59 Å². The number of nitrogens with zero attached hydrogens (tertiary/aromatic N) is 3. The normalized spacial score (nSPS) is 13.3. The smallest absolute Gasteiger partial charge is 0.329 e. The summed E-state index contributed by atoms with van der Waals surface area (Å²) in [6, 6.07) is 0. The van der Waals surface area contributed by atoms with E-state index in [-0.39, 0.29) is 11.2 Å². The minimum Gasteiger partial charge on any atom is -0.349 e. The minimum atomic E-state index is -0.344. The van der Waals surface area contributed by atoms with Gasteiger partial charge in [0.15, 0.2) is 0 Å². The van der Waals surface area contributed by atoms with Crippen LogP contribution in [-0.4, -0.2) is 29.8 Å². The van der Waals surface area contributed by atoms with E-state index in [1.807, 2.05) is 18.0 Å². The van der Waals surface area contributed by atoms with Gasteiger partial charge in [0.25, 0.3) is 5.56 Å². The average Bonchev–Trinajstić information content (AvgIpc) is 2.97. The van der Waals surface area contributed by atoms with Gasteiger partial charge in [-0.1, -0.05) is 57.4 Å². The van der Waals surface area contributed by atoms with Crippen molar-refractivity contribution in [3.63, 3.8) is 0 Å². The molecule has 1 aromatic rings. The summed E-state index contributed by atoms with van der Waals surface area (Å²) >= 11 is 0. The molecule has 1 N–H and O–H groups in total. The minimum absolute atomic E-state index is 0.289. The molecule has 0 saturated carbocycles. The molecule has 0 unspecified atom stereocenters. The van der Waals surface area contributed by atoms with E-state index < -0.39 is 0 Å². The summed E-state index contributed by atoms with van der Waals surface area (Å²) in [5.74, 6) is 0.753. The molecule has 1 aliphatic rings. The number of unbranched alkanes of at least 4 members (excludes halogenated alkanes) is 10. The molecule has 0 bridgehead atoms. The van der Waals surface area contributed by atoms with Crippen LogP contribution in [0.1, 0.15) is 70.6 Å². The van der Waals surface area contributed by atoms with E-state index in [2.05, 4.69) is 16.5 Å². The lowest BCUT2D eigenvalue weighted by Crippen LogP contribution is -2.32. The Bertz CT molecular complexity index is 707. The highest BCUT2D eigenvalue weighted by Gasteiger charge is 2.28. The first-order valence-electron chi connectivity index (χ1n) is 10.5. The number of nitrogens with one attached hydrogen (secondary N) is 1. The lowest BCUT2D eigenvalue weighted by molar-refractivity contribution is 0.550. The van der Waals surface area contributed by atoms with Crippen LogP contribution in [0.5, 0.6) is 0 Å². The third kappa shape index (κ3) is 6.01. The Balaban J connectivity index is 1.62. The number of anilines is 2. The first-order chi connectivity index (χ1) is 13.1. The van der Waals surface area contributed by atoms with Crippen LogP contribution in [0.25, 0.3) is 0 Å². The standard InChI is InChI=1S/C21H36N4O2/c1-4-5-6-7-8-9-10-11-12-13-14-15-16-25-17-23(2)18-19(26)22-21(27)24(3)20(18)25/h4H,1,5-17H2,2-3H3,(H,22,26,27). The van der Waals surface area contributed by atoms with Crippen molar-refractivity contribution in [1.82, 2.24) is 9.55 Å². The zero-order valence-electron chi connectivity index (χ0n) is 17.1. The maximum atomic E-state index is 12.1. The molecule has 0 fully saturated rings. The molecule has 27 heavy (non-hydrogen) atoms. The second-order valence-electron chi connectivity index (χ2n) is 7.71. The van der Waals surface area contributed by atoms with Gasteiger partial charge in [-0.25, -0.2) is 4.79 Å². The Morgan fingerprint density at radius 3 is 2.07 bits per heavy atom. The number of hydrogen-bond acceptors (Lipinski definition) is 4. The molecule has 1 aromatic heterocycles.